The van der Waals surface area contributed by atoms with Crippen molar-refractivity contribution in [1.29, 1.82) is 0 Å². The highest BCUT2D eigenvalue weighted by atomic mass is 32.1. The smallest absolute Gasteiger partial charge is 0.00457 e. The van der Waals surface area contributed by atoms with Gasteiger partial charge in [0.05, 0.1) is 0 Å². The summed E-state index contributed by atoms with van der Waals surface area (Å²) in [4.78, 5) is 1.51. The van der Waals surface area contributed by atoms with Crippen molar-refractivity contribution >= 4 is 11.3 Å². The van der Waals surface area contributed by atoms with E-state index in [2.05, 4.69) is 43.6 Å². The summed E-state index contributed by atoms with van der Waals surface area (Å²) < 4.78 is 0. The van der Waals surface area contributed by atoms with Crippen LogP contribution < -0.4 is 5.32 Å². The first-order chi connectivity index (χ1) is 7.68. The summed E-state index contributed by atoms with van der Waals surface area (Å²) in [7, 11) is 0. The van der Waals surface area contributed by atoms with Crippen molar-refractivity contribution in [3.8, 4) is 0 Å². The first-order valence-corrected chi connectivity index (χ1v) is 7.32. The fraction of sp³-hybridized carbons (Fsp3) is 0.714. The van der Waals surface area contributed by atoms with E-state index in [1.165, 1.54) is 30.6 Å². The molecule has 0 aliphatic rings. The molecule has 1 heterocycles. The molecule has 0 aliphatic heterocycles. The normalized spacial score (nSPS) is 13.2. The minimum absolute atomic E-state index is 0.672. The van der Waals surface area contributed by atoms with Gasteiger partial charge < -0.3 is 5.32 Å². The molecule has 1 N–H and O–H groups in total. The van der Waals surface area contributed by atoms with Crippen LogP contribution in [-0.2, 0) is 6.42 Å². The predicted octanol–water partition coefficient (Wildman–Crippen LogP) is 4.10. The topological polar surface area (TPSA) is 12.0 Å². The second-order valence-electron chi connectivity index (χ2n) is 5.01. The monoisotopic (exact) mass is 239 g/mol. The Labute approximate surface area is 104 Å². The van der Waals surface area contributed by atoms with Crippen molar-refractivity contribution in [2.45, 2.75) is 52.5 Å². The lowest BCUT2D eigenvalue weighted by Gasteiger charge is -2.14. The number of rotatable bonds is 8. The zero-order valence-corrected chi connectivity index (χ0v) is 11.6. The Bertz CT molecular complexity index is 254. The predicted molar refractivity (Wildman–Crippen MR) is 74.2 cm³/mol. The van der Waals surface area contributed by atoms with E-state index in [1.807, 2.05) is 11.3 Å². The highest BCUT2D eigenvalue weighted by molar-refractivity contribution is 7.09. The number of nitrogens with one attached hydrogen (secondary N) is 1. The summed E-state index contributed by atoms with van der Waals surface area (Å²) in [6, 6.07) is 5.04. The van der Waals surface area contributed by atoms with E-state index in [4.69, 9.17) is 0 Å². The Morgan fingerprint density at radius 3 is 2.69 bits per heavy atom. The summed E-state index contributed by atoms with van der Waals surface area (Å²) in [6.07, 6.45) is 5.11. The van der Waals surface area contributed by atoms with Crippen LogP contribution in [0.15, 0.2) is 17.5 Å². The van der Waals surface area contributed by atoms with E-state index in [0.29, 0.717) is 6.04 Å². The molecule has 0 bridgehead atoms. The molecule has 1 rings (SSSR count). The number of thiophene rings is 1. The molecule has 1 atom stereocenters. The van der Waals surface area contributed by atoms with Crippen LogP contribution in [0.2, 0.25) is 0 Å². The number of hydrogen-bond acceptors (Lipinski definition) is 2. The molecular weight excluding hydrogens is 214 g/mol. The maximum Gasteiger partial charge on any atom is 0.00457 e. The van der Waals surface area contributed by atoms with E-state index in [0.717, 1.165) is 12.5 Å². The Morgan fingerprint density at radius 2 is 2.06 bits per heavy atom. The van der Waals surface area contributed by atoms with Gasteiger partial charge in [-0.25, -0.2) is 0 Å². The fourth-order valence-corrected chi connectivity index (χ4v) is 2.50. The minimum atomic E-state index is 0.672. The van der Waals surface area contributed by atoms with Gasteiger partial charge in [0, 0.05) is 10.9 Å². The van der Waals surface area contributed by atoms with Gasteiger partial charge in [-0.1, -0.05) is 19.9 Å². The summed E-state index contributed by atoms with van der Waals surface area (Å²) in [6.45, 7) is 8.04. The molecule has 92 valence electrons. The van der Waals surface area contributed by atoms with Crippen LogP contribution in [0.5, 0.6) is 0 Å². The minimum Gasteiger partial charge on any atom is -0.314 e. The summed E-state index contributed by atoms with van der Waals surface area (Å²) in [5.41, 5.74) is 0. The molecule has 0 saturated carbocycles. The fourth-order valence-electron chi connectivity index (χ4n) is 1.75. The van der Waals surface area contributed by atoms with Gasteiger partial charge in [0.15, 0.2) is 0 Å². The third-order valence-corrected chi connectivity index (χ3v) is 3.79. The van der Waals surface area contributed by atoms with Gasteiger partial charge in [0.25, 0.3) is 0 Å². The molecule has 0 aliphatic carbocycles. The Balaban J connectivity index is 1.98. The average Bonchev–Trinajstić information content (AvgIpc) is 2.74. The van der Waals surface area contributed by atoms with E-state index in [9.17, 15) is 0 Å². The Kier molecular flexibility index (Phi) is 6.74. The van der Waals surface area contributed by atoms with Crippen molar-refractivity contribution < 1.29 is 0 Å². The lowest BCUT2D eigenvalue weighted by molar-refractivity contribution is 0.449. The first-order valence-electron chi connectivity index (χ1n) is 6.44. The molecule has 2 heteroatoms. The van der Waals surface area contributed by atoms with Crippen molar-refractivity contribution in [2.75, 3.05) is 6.54 Å². The van der Waals surface area contributed by atoms with E-state index in [1.54, 1.807) is 0 Å². The molecular formula is C14H25NS. The van der Waals surface area contributed by atoms with Gasteiger partial charge in [-0.2, -0.15) is 0 Å². The van der Waals surface area contributed by atoms with Crippen LogP contribution in [0, 0.1) is 5.92 Å². The molecule has 0 saturated heterocycles. The van der Waals surface area contributed by atoms with Gasteiger partial charge in [0.2, 0.25) is 0 Å². The molecule has 1 nitrogen and oxygen atoms in total. The molecule has 16 heavy (non-hydrogen) atoms. The Morgan fingerprint density at radius 1 is 1.25 bits per heavy atom. The quantitative estimate of drug-likeness (QED) is 0.674. The van der Waals surface area contributed by atoms with Crippen LogP contribution in [-0.4, -0.2) is 12.6 Å². The molecule has 0 aromatic carbocycles. The van der Waals surface area contributed by atoms with Crippen LogP contribution in [0.1, 0.15) is 44.9 Å². The largest absolute Gasteiger partial charge is 0.314 e. The lowest BCUT2D eigenvalue weighted by Crippen LogP contribution is -2.27. The third kappa shape index (κ3) is 6.29. The SMILES string of the molecule is CC(C)CCC(C)NCCCc1cccs1. The molecule has 1 aromatic heterocycles. The summed E-state index contributed by atoms with van der Waals surface area (Å²) >= 11 is 1.87. The molecule has 1 unspecified atom stereocenters. The first kappa shape index (κ1) is 13.7. The van der Waals surface area contributed by atoms with Crippen LogP contribution in [0.25, 0.3) is 0 Å². The second-order valence-corrected chi connectivity index (χ2v) is 6.04. The van der Waals surface area contributed by atoms with Crippen LogP contribution in [0.4, 0.5) is 0 Å². The molecule has 0 amide bonds. The maximum absolute atomic E-state index is 3.61. The zero-order chi connectivity index (χ0) is 11.8. The lowest BCUT2D eigenvalue weighted by atomic mass is 10.0. The zero-order valence-electron chi connectivity index (χ0n) is 10.8. The highest BCUT2D eigenvalue weighted by Crippen LogP contribution is 2.10. The van der Waals surface area contributed by atoms with Gasteiger partial charge in [0.1, 0.15) is 0 Å². The second kappa shape index (κ2) is 7.86. The van der Waals surface area contributed by atoms with Crippen LogP contribution >= 0.6 is 11.3 Å². The van der Waals surface area contributed by atoms with Gasteiger partial charge in [-0.15, -0.1) is 11.3 Å². The third-order valence-electron chi connectivity index (χ3n) is 2.85. The van der Waals surface area contributed by atoms with E-state index in [-0.39, 0.29) is 0 Å². The Hall–Kier alpha value is -0.340. The highest BCUT2D eigenvalue weighted by Gasteiger charge is 2.02. The molecule has 0 spiro atoms. The molecule has 1 aromatic rings. The summed E-state index contributed by atoms with van der Waals surface area (Å²) in [5.74, 6) is 0.829. The van der Waals surface area contributed by atoms with Crippen molar-refractivity contribution in [2.24, 2.45) is 5.92 Å². The maximum atomic E-state index is 3.61. The standard InChI is InChI=1S/C14H25NS/c1-12(2)8-9-13(3)15-10-4-6-14-7-5-11-16-14/h5,7,11-13,15H,4,6,8-10H2,1-3H3. The number of hydrogen-bond donors (Lipinski definition) is 1. The molecule has 0 fully saturated rings. The van der Waals surface area contributed by atoms with E-state index >= 15 is 0 Å². The van der Waals surface area contributed by atoms with Gasteiger partial charge in [-0.05, 0) is 56.5 Å². The van der Waals surface area contributed by atoms with Gasteiger partial charge in [-0.3, -0.25) is 0 Å². The van der Waals surface area contributed by atoms with Gasteiger partial charge >= 0.3 is 0 Å². The van der Waals surface area contributed by atoms with Crippen molar-refractivity contribution in [1.82, 2.24) is 5.32 Å². The summed E-state index contributed by atoms with van der Waals surface area (Å²) in [5, 5.41) is 5.77. The average molecular weight is 239 g/mol. The number of aryl methyl sites for hydroxylation is 1. The molecule has 0 radical (unpaired) electrons. The van der Waals surface area contributed by atoms with E-state index < -0.39 is 0 Å². The van der Waals surface area contributed by atoms with Crippen LogP contribution in [0.3, 0.4) is 0 Å². The van der Waals surface area contributed by atoms with Crippen molar-refractivity contribution in [3.63, 3.8) is 0 Å². The van der Waals surface area contributed by atoms with Crippen molar-refractivity contribution in [3.05, 3.63) is 22.4 Å².